The van der Waals surface area contributed by atoms with E-state index in [2.05, 4.69) is 5.32 Å². The SMILES string of the molecule is CCC(C(=O)Nc1ccc(C)cc1)C(N)=S. The maximum absolute atomic E-state index is 11.8. The van der Waals surface area contributed by atoms with E-state index >= 15 is 0 Å². The Morgan fingerprint density at radius 1 is 1.44 bits per heavy atom. The van der Waals surface area contributed by atoms with Gasteiger partial charge in [-0.1, -0.05) is 36.8 Å². The highest BCUT2D eigenvalue weighted by Gasteiger charge is 2.18. The van der Waals surface area contributed by atoms with Crippen LogP contribution >= 0.6 is 12.2 Å². The van der Waals surface area contributed by atoms with Gasteiger partial charge in [0.25, 0.3) is 0 Å². The molecule has 1 unspecified atom stereocenters. The van der Waals surface area contributed by atoms with Gasteiger partial charge in [-0.15, -0.1) is 0 Å². The third kappa shape index (κ3) is 3.31. The van der Waals surface area contributed by atoms with E-state index in [1.165, 1.54) is 0 Å². The normalized spacial score (nSPS) is 11.9. The molecule has 1 rings (SSSR count). The summed E-state index contributed by atoms with van der Waals surface area (Å²) in [5.41, 5.74) is 7.42. The van der Waals surface area contributed by atoms with Crippen molar-refractivity contribution in [2.75, 3.05) is 5.32 Å². The van der Waals surface area contributed by atoms with Crippen LogP contribution in [0.15, 0.2) is 24.3 Å². The minimum absolute atomic E-state index is 0.140. The molecule has 1 atom stereocenters. The van der Waals surface area contributed by atoms with E-state index in [0.717, 1.165) is 11.3 Å². The highest BCUT2D eigenvalue weighted by Crippen LogP contribution is 2.12. The van der Waals surface area contributed by atoms with Crippen LogP contribution in [0.25, 0.3) is 0 Å². The quantitative estimate of drug-likeness (QED) is 0.788. The zero-order valence-electron chi connectivity index (χ0n) is 9.49. The van der Waals surface area contributed by atoms with Crippen molar-refractivity contribution in [2.24, 2.45) is 11.7 Å². The first-order valence-corrected chi connectivity index (χ1v) is 5.62. The van der Waals surface area contributed by atoms with Crippen LogP contribution in [0.2, 0.25) is 0 Å². The number of anilines is 1. The summed E-state index contributed by atoms with van der Waals surface area (Å²) in [6.45, 7) is 3.88. The lowest BCUT2D eigenvalue weighted by atomic mass is 10.1. The van der Waals surface area contributed by atoms with Crippen LogP contribution in [0.3, 0.4) is 0 Å². The number of hydrogen-bond donors (Lipinski definition) is 2. The van der Waals surface area contributed by atoms with Crippen molar-refractivity contribution in [3.05, 3.63) is 29.8 Å². The third-order valence-corrected chi connectivity index (χ3v) is 2.67. The highest BCUT2D eigenvalue weighted by molar-refractivity contribution is 7.80. The van der Waals surface area contributed by atoms with Crippen LogP contribution in [0, 0.1) is 12.8 Å². The number of nitrogens with one attached hydrogen (secondary N) is 1. The van der Waals surface area contributed by atoms with Crippen molar-refractivity contribution in [3.63, 3.8) is 0 Å². The summed E-state index contributed by atoms with van der Waals surface area (Å²) in [7, 11) is 0. The second-order valence-electron chi connectivity index (χ2n) is 3.72. The molecule has 1 aromatic rings. The van der Waals surface area contributed by atoms with Crippen molar-refractivity contribution in [1.29, 1.82) is 0 Å². The second-order valence-corrected chi connectivity index (χ2v) is 4.19. The molecule has 1 amide bonds. The lowest BCUT2D eigenvalue weighted by molar-refractivity contribution is -0.118. The average Bonchev–Trinajstić information content (AvgIpc) is 2.22. The monoisotopic (exact) mass is 236 g/mol. The minimum atomic E-state index is -0.392. The Morgan fingerprint density at radius 3 is 2.44 bits per heavy atom. The fraction of sp³-hybridized carbons (Fsp3) is 0.333. The molecule has 0 aliphatic heterocycles. The predicted octanol–water partition coefficient (Wildman–Crippen LogP) is 2.25. The van der Waals surface area contributed by atoms with Gasteiger partial charge in [-0.2, -0.15) is 0 Å². The smallest absolute Gasteiger partial charge is 0.234 e. The summed E-state index contributed by atoms with van der Waals surface area (Å²) in [5, 5.41) is 2.80. The van der Waals surface area contributed by atoms with Gasteiger partial charge < -0.3 is 11.1 Å². The molecule has 0 spiro atoms. The molecular weight excluding hydrogens is 220 g/mol. The van der Waals surface area contributed by atoms with E-state index in [0.29, 0.717) is 6.42 Å². The summed E-state index contributed by atoms with van der Waals surface area (Å²) in [5.74, 6) is -0.532. The van der Waals surface area contributed by atoms with Crippen molar-refractivity contribution in [3.8, 4) is 0 Å². The van der Waals surface area contributed by atoms with E-state index in [9.17, 15) is 4.79 Å². The van der Waals surface area contributed by atoms with Crippen LogP contribution in [0.1, 0.15) is 18.9 Å². The molecule has 0 aliphatic rings. The van der Waals surface area contributed by atoms with Gasteiger partial charge in [0.1, 0.15) is 0 Å². The summed E-state index contributed by atoms with van der Waals surface area (Å²) in [6, 6.07) is 7.60. The lowest BCUT2D eigenvalue weighted by Crippen LogP contribution is -2.32. The third-order valence-electron chi connectivity index (χ3n) is 2.39. The van der Waals surface area contributed by atoms with Crippen LogP contribution in [0.4, 0.5) is 5.69 Å². The number of hydrogen-bond acceptors (Lipinski definition) is 2. The maximum Gasteiger partial charge on any atom is 0.234 e. The largest absolute Gasteiger partial charge is 0.393 e. The number of aryl methyl sites for hydroxylation is 1. The Hall–Kier alpha value is -1.42. The van der Waals surface area contributed by atoms with Crippen molar-refractivity contribution in [2.45, 2.75) is 20.3 Å². The van der Waals surface area contributed by atoms with Gasteiger partial charge in [0.15, 0.2) is 0 Å². The van der Waals surface area contributed by atoms with E-state index in [1.54, 1.807) is 0 Å². The molecule has 3 nitrogen and oxygen atoms in total. The van der Waals surface area contributed by atoms with E-state index in [-0.39, 0.29) is 10.9 Å². The number of amides is 1. The molecule has 4 heteroatoms. The number of rotatable bonds is 4. The van der Waals surface area contributed by atoms with Crippen molar-refractivity contribution in [1.82, 2.24) is 0 Å². The second kappa shape index (κ2) is 5.61. The summed E-state index contributed by atoms with van der Waals surface area (Å²) >= 11 is 4.85. The van der Waals surface area contributed by atoms with Crippen molar-refractivity contribution < 1.29 is 4.79 Å². The van der Waals surface area contributed by atoms with Crippen LogP contribution < -0.4 is 11.1 Å². The average molecular weight is 236 g/mol. The van der Waals surface area contributed by atoms with Gasteiger partial charge >= 0.3 is 0 Å². The first kappa shape index (κ1) is 12.6. The number of thiocarbonyl (C=S) groups is 1. The molecule has 0 radical (unpaired) electrons. The molecule has 0 saturated heterocycles. The Kier molecular flexibility index (Phi) is 4.43. The molecule has 3 N–H and O–H groups in total. The number of carbonyl (C=O) groups excluding carboxylic acids is 1. The zero-order chi connectivity index (χ0) is 12.1. The Morgan fingerprint density at radius 2 is 2.00 bits per heavy atom. The van der Waals surface area contributed by atoms with Crippen LogP contribution in [-0.2, 0) is 4.79 Å². The molecule has 0 aromatic heterocycles. The fourth-order valence-electron chi connectivity index (χ4n) is 1.38. The highest BCUT2D eigenvalue weighted by atomic mass is 32.1. The fourth-order valence-corrected chi connectivity index (χ4v) is 1.66. The van der Waals surface area contributed by atoms with Gasteiger partial charge in [-0.05, 0) is 25.5 Å². The van der Waals surface area contributed by atoms with E-state index in [4.69, 9.17) is 18.0 Å². The lowest BCUT2D eigenvalue weighted by Gasteiger charge is -2.13. The molecule has 0 aliphatic carbocycles. The van der Waals surface area contributed by atoms with Gasteiger partial charge in [0.2, 0.25) is 5.91 Å². The van der Waals surface area contributed by atoms with E-state index in [1.807, 2.05) is 38.1 Å². The van der Waals surface area contributed by atoms with Gasteiger partial charge in [0.05, 0.1) is 10.9 Å². The number of carbonyl (C=O) groups is 1. The molecule has 0 bridgehead atoms. The Balaban J connectivity index is 2.70. The molecule has 16 heavy (non-hydrogen) atoms. The first-order valence-electron chi connectivity index (χ1n) is 5.21. The Labute approximate surface area is 101 Å². The van der Waals surface area contributed by atoms with Gasteiger partial charge in [-0.3, -0.25) is 4.79 Å². The molecule has 0 saturated carbocycles. The van der Waals surface area contributed by atoms with Gasteiger partial charge in [-0.25, -0.2) is 0 Å². The number of nitrogens with two attached hydrogens (primary N) is 1. The van der Waals surface area contributed by atoms with Crippen LogP contribution in [-0.4, -0.2) is 10.9 Å². The molecular formula is C12H16N2OS. The van der Waals surface area contributed by atoms with Crippen LogP contribution in [0.5, 0.6) is 0 Å². The zero-order valence-corrected chi connectivity index (χ0v) is 10.3. The topological polar surface area (TPSA) is 55.1 Å². The Bertz CT molecular complexity index is 387. The van der Waals surface area contributed by atoms with Crippen molar-refractivity contribution >= 4 is 28.8 Å². The summed E-state index contributed by atoms with van der Waals surface area (Å²) in [6.07, 6.45) is 0.618. The summed E-state index contributed by atoms with van der Waals surface area (Å²) < 4.78 is 0. The van der Waals surface area contributed by atoms with E-state index < -0.39 is 5.92 Å². The molecule has 1 aromatic carbocycles. The maximum atomic E-state index is 11.8. The molecule has 0 fully saturated rings. The molecule has 0 heterocycles. The first-order chi connectivity index (χ1) is 7.54. The predicted molar refractivity (Wildman–Crippen MR) is 70.4 cm³/mol. The number of benzene rings is 1. The standard InChI is InChI=1S/C12H16N2OS/c1-3-10(11(13)16)12(15)14-9-6-4-8(2)5-7-9/h4-7,10H,3H2,1-2H3,(H2,13,16)(H,14,15). The molecule has 86 valence electrons. The van der Waals surface area contributed by atoms with Gasteiger partial charge in [0, 0.05) is 5.69 Å². The summed E-state index contributed by atoms with van der Waals surface area (Å²) in [4.78, 5) is 12.0. The minimum Gasteiger partial charge on any atom is -0.393 e.